The molecule has 1 aromatic carbocycles. The summed E-state index contributed by atoms with van der Waals surface area (Å²) in [5.41, 5.74) is 1.02. The van der Waals surface area contributed by atoms with Crippen LogP contribution in [0.1, 0.15) is 32.8 Å². The molecule has 1 rings (SSSR count). The maximum absolute atomic E-state index is 6.24. The standard InChI is InChI=1S/C16H26ClNO2/c1-4-8-18-11-14-15(17)6-5-7-16(14)20-10-9-19-12-13(2)3/h5-7,13,18H,4,8-12H2,1-3H3. The van der Waals surface area contributed by atoms with Crippen molar-refractivity contribution in [3.63, 3.8) is 0 Å². The third-order valence-corrected chi connectivity index (χ3v) is 3.09. The summed E-state index contributed by atoms with van der Waals surface area (Å²) in [6, 6.07) is 5.76. The first-order valence-corrected chi connectivity index (χ1v) is 7.71. The van der Waals surface area contributed by atoms with Crippen molar-refractivity contribution in [2.75, 3.05) is 26.4 Å². The zero-order chi connectivity index (χ0) is 14.8. The Hall–Kier alpha value is -0.770. The zero-order valence-corrected chi connectivity index (χ0v) is 13.5. The monoisotopic (exact) mass is 299 g/mol. The van der Waals surface area contributed by atoms with Crippen LogP contribution < -0.4 is 10.1 Å². The van der Waals surface area contributed by atoms with E-state index in [9.17, 15) is 0 Å². The van der Waals surface area contributed by atoms with Crippen molar-refractivity contribution in [3.05, 3.63) is 28.8 Å². The molecular formula is C16H26ClNO2. The Bertz CT molecular complexity index is 383. The normalized spacial score (nSPS) is 11.1. The van der Waals surface area contributed by atoms with E-state index in [-0.39, 0.29) is 0 Å². The van der Waals surface area contributed by atoms with Gasteiger partial charge in [-0.25, -0.2) is 0 Å². The summed E-state index contributed by atoms with van der Waals surface area (Å²) in [5.74, 6) is 1.39. The Labute approximate surface area is 127 Å². The third kappa shape index (κ3) is 6.60. The summed E-state index contributed by atoms with van der Waals surface area (Å²) in [5, 5.41) is 4.10. The van der Waals surface area contributed by atoms with Gasteiger partial charge in [0.2, 0.25) is 0 Å². The molecule has 0 heterocycles. The summed E-state index contributed by atoms with van der Waals surface area (Å²) in [6.45, 7) is 10.0. The second-order valence-corrected chi connectivity index (χ2v) is 5.62. The van der Waals surface area contributed by atoms with Crippen molar-refractivity contribution in [3.8, 4) is 5.75 Å². The largest absolute Gasteiger partial charge is 0.491 e. The molecule has 0 fully saturated rings. The molecule has 114 valence electrons. The zero-order valence-electron chi connectivity index (χ0n) is 12.7. The SMILES string of the molecule is CCCNCc1c(Cl)cccc1OCCOCC(C)C. The van der Waals surface area contributed by atoms with E-state index in [4.69, 9.17) is 21.1 Å². The lowest BCUT2D eigenvalue weighted by molar-refractivity contribution is 0.0816. The van der Waals surface area contributed by atoms with Gasteiger partial charge in [-0.2, -0.15) is 0 Å². The quantitative estimate of drug-likeness (QED) is 0.665. The predicted octanol–water partition coefficient (Wildman–Crippen LogP) is 3.89. The summed E-state index contributed by atoms with van der Waals surface area (Å²) < 4.78 is 11.3. The lowest BCUT2D eigenvalue weighted by atomic mass is 10.2. The molecule has 0 radical (unpaired) electrons. The minimum atomic E-state index is 0.549. The van der Waals surface area contributed by atoms with E-state index in [2.05, 4.69) is 26.1 Å². The van der Waals surface area contributed by atoms with Crippen LogP contribution in [-0.2, 0) is 11.3 Å². The van der Waals surface area contributed by atoms with E-state index < -0.39 is 0 Å². The molecule has 0 aliphatic rings. The fourth-order valence-electron chi connectivity index (χ4n) is 1.77. The average Bonchev–Trinajstić information content (AvgIpc) is 2.41. The van der Waals surface area contributed by atoms with E-state index in [1.54, 1.807) is 0 Å². The third-order valence-electron chi connectivity index (χ3n) is 2.74. The van der Waals surface area contributed by atoms with Crippen molar-refractivity contribution < 1.29 is 9.47 Å². The number of halogens is 1. The molecule has 0 saturated carbocycles. The van der Waals surface area contributed by atoms with Crippen molar-refractivity contribution in [2.24, 2.45) is 5.92 Å². The first-order valence-electron chi connectivity index (χ1n) is 7.33. The summed E-state index contributed by atoms with van der Waals surface area (Å²) in [6.07, 6.45) is 1.10. The molecule has 4 heteroatoms. The van der Waals surface area contributed by atoms with Gasteiger partial charge in [0.25, 0.3) is 0 Å². The molecule has 0 amide bonds. The van der Waals surface area contributed by atoms with Crippen LogP contribution in [0.15, 0.2) is 18.2 Å². The van der Waals surface area contributed by atoms with Crippen molar-refractivity contribution in [1.29, 1.82) is 0 Å². The highest BCUT2D eigenvalue weighted by Gasteiger charge is 2.07. The lowest BCUT2D eigenvalue weighted by Crippen LogP contribution is -2.16. The van der Waals surface area contributed by atoms with Gasteiger partial charge in [0, 0.05) is 23.7 Å². The van der Waals surface area contributed by atoms with E-state index in [0.717, 1.165) is 42.5 Å². The fraction of sp³-hybridized carbons (Fsp3) is 0.625. The number of ether oxygens (including phenoxy) is 2. The molecule has 20 heavy (non-hydrogen) atoms. The molecule has 0 saturated heterocycles. The van der Waals surface area contributed by atoms with Crippen LogP contribution in [0.5, 0.6) is 5.75 Å². The summed E-state index contributed by atoms with van der Waals surface area (Å²) in [7, 11) is 0. The molecule has 1 N–H and O–H groups in total. The van der Waals surface area contributed by atoms with Gasteiger partial charge < -0.3 is 14.8 Å². The Morgan fingerprint density at radius 3 is 2.75 bits per heavy atom. The minimum Gasteiger partial charge on any atom is -0.491 e. The molecule has 1 aromatic rings. The molecule has 0 spiro atoms. The number of rotatable bonds is 10. The van der Waals surface area contributed by atoms with Crippen molar-refractivity contribution >= 4 is 11.6 Å². The first-order chi connectivity index (χ1) is 9.65. The number of nitrogens with one attached hydrogen (secondary N) is 1. The van der Waals surface area contributed by atoms with Gasteiger partial charge in [0.1, 0.15) is 12.4 Å². The molecule has 0 aliphatic heterocycles. The molecule has 0 unspecified atom stereocenters. The number of hydrogen-bond donors (Lipinski definition) is 1. The van der Waals surface area contributed by atoms with E-state index >= 15 is 0 Å². The van der Waals surface area contributed by atoms with Gasteiger partial charge in [0.15, 0.2) is 0 Å². The van der Waals surface area contributed by atoms with Gasteiger partial charge in [-0.05, 0) is 31.0 Å². The molecule has 0 aliphatic carbocycles. The van der Waals surface area contributed by atoms with Crippen LogP contribution in [0, 0.1) is 5.92 Å². The average molecular weight is 300 g/mol. The highest BCUT2D eigenvalue weighted by molar-refractivity contribution is 6.31. The summed E-state index contributed by atoms with van der Waals surface area (Å²) in [4.78, 5) is 0. The van der Waals surface area contributed by atoms with Gasteiger partial charge >= 0.3 is 0 Å². The first kappa shape index (κ1) is 17.3. The highest BCUT2D eigenvalue weighted by atomic mass is 35.5. The Balaban J connectivity index is 2.45. The smallest absolute Gasteiger partial charge is 0.125 e. The Morgan fingerprint density at radius 1 is 1.25 bits per heavy atom. The molecule has 0 aromatic heterocycles. The maximum atomic E-state index is 6.24. The molecular weight excluding hydrogens is 274 g/mol. The predicted molar refractivity (Wildman–Crippen MR) is 84.6 cm³/mol. The molecule has 0 atom stereocenters. The lowest BCUT2D eigenvalue weighted by Gasteiger charge is -2.14. The molecule has 3 nitrogen and oxygen atoms in total. The maximum Gasteiger partial charge on any atom is 0.125 e. The van der Waals surface area contributed by atoms with Crippen molar-refractivity contribution in [2.45, 2.75) is 33.7 Å². The Morgan fingerprint density at radius 2 is 2.05 bits per heavy atom. The van der Waals surface area contributed by atoms with Crippen LogP contribution >= 0.6 is 11.6 Å². The second-order valence-electron chi connectivity index (χ2n) is 5.21. The van der Waals surface area contributed by atoms with Crippen LogP contribution in [0.2, 0.25) is 5.02 Å². The second kappa shape index (κ2) is 10.0. The highest BCUT2D eigenvalue weighted by Crippen LogP contribution is 2.26. The van der Waals surface area contributed by atoms with Gasteiger partial charge in [-0.15, -0.1) is 0 Å². The van der Waals surface area contributed by atoms with Crippen molar-refractivity contribution in [1.82, 2.24) is 5.32 Å². The van der Waals surface area contributed by atoms with E-state index in [0.29, 0.717) is 19.1 Å². The molecule has 0 bridgehead atoms. The fourth-order valence-corrected chi connectivity index (χ4v) is 2.00. The van der Waals surface area contributed by atoms with Crippen LogP contribution in [0.3, 0.4) is 0 Å². The van der Waals surface area contributed by atoms with Crippen LogP contribution in [0.4, 0.5) is 0 Å². The van der Waals surface area contributed by atoms with Gasteiger partial charge in [0.05, 0.1) is 6.61 Å². The van der Waals surface area contributed by atoms with E-state index in [1.807, 2.05) is 18.2 Å². The van der Waals surface area contributed by atoms with Gasteiger partial charge in [-0.3, -0.25) is 0 Å². The van der Waals surface area contributed by atoms with E-state index in [1.165, 1.54) is 0 Å². The van der Waals surface area contributed by atoms with Gasteiger partial charge in [-0.1, -0.05) is 38.4 Å². The topological polar surface area (TPSA) is 30.5 Å². The number of hydrogen-bond acceptors (Lipinski definition) is 3. The van der Waals surface area contributed by atoms with Crippen LogP contribution in [-0.4, -0.2) is 26.4 Å². The minimum absolute atomic E-state index is 0.549. The number of benzene rings is 1. The Kier molecular flexibility index (Phi) is 8.67. The summed E-state index contributed by atoms with van der Waals surface area (Å²) >= 11 is 6.24. The van der Waals surface area contributed by atoms with Crippen LogP contribution in [0.25, 0.3) is 0 Å².